The largest absolute Gasteiger partial charge is 0.388 e. The predicted octanol–water partition coefficient (Wildman–Crippen LogP) is -0.166. The standard InChI is InChI=1S/C17H28N3O4P/c1-11-19-16(23)12(6-5-8-18)10-20(11)17-15(22)14(21)13(24-17)7-9-25(2,3)4/h5-6,10,13-15,17,21-22H,1-2,7-9,18H2,3-4H3,(H,19,23)/b6-5+. The van der Waals surface area contributed by atoms with Gasteiger partial charge in [-0.25, -0.2) is 0 Å². The molecule has 7 nitrogen and oxygen atoms in total. The van der Waals surface area contributed by atoms with Gasteiger partial charge in [0, 0.05) is 12.7 Å². The molecule has 2 rings (SSSR count). The van der Waals surface area contributed by atoms with Crippen LogP contribution in [0.2, 0.25) is 0 Å². The number of nitrogens with zero attached hydrogens (tertiary/aromatic N) is 1. The average Bonchev–Trinajstić information content (AvgIpc) is 2.80. The molecule has 140 valence electrons. The molecular formula is C17H28N3O4P. The van der Waals surface area contributed by atoms with Gasteiger partial charge >= 0.3 is 0 Å². The number of carbonyl (C=O) groups excluding carboxylic acids is 1. The second kappa shape index (κ2) is 7.89. The van der Waals surface area contributed by atoms with Gasteiger partial charge in [-0.3, -0.25) is 4.79 Å². The predicted molar refractivity (Wildman–Crippen MR) is 101 cm³/mol. The van der Waals surface area contributed by atoms with E-state index in [-0.39, 0.29) is 11.7 Å². The van der Waals surface area contributed by atoms with Crippen molar-refractivity contribution in [2.75, 3.05) is 26.0 Å². The van der Waals surface area contributed by atoms with Crippen molar-refractivity contribution in [2.24, 2.45) is 5.73 Å². The Morgan fingerprint density at radius 2 is 2.12 bits per heavy atom. The van der Waals surface area contributed by atoms with Gasteiger partial charge in [0.15, 0.2) is 6.23 Å². The maximum absolute atomic E-state index is 12.0. The third kappa shape index (κ3) is 4.84. The molecule has 2 aliphatic heterocycles. The average molecular weight is 369 g/mol. The topological polar surface area (TPSA) is 108 Å². The Labute approximate surface area is 148 Å². The summed E-state index contributed by atoms with van der Waals surface area (Å²) in [5, 5.41) is 23.4. The number of aliphatic hydroxyl groups is 2. The third-order valence-electron chi connectivity index (χ3n) is 4.17. The number of ether oxygens (including phenoxy) is 1. The highest BCUT2D eigenvalue weighted by Gasteiger charge is 2.46. The summed E-state index contributed by atoms with van der Waals surface area (Å²) in [7, 11) is 0. The Kier molecular flexibility index (Phi) is 6.30. The number of hydrogen-bond donors (Lipinski definition) is 4. The first kappa shape index (κ1) is 19.9. The van der Waals surface area contributed by atoms with Gasteiger partial charge < -0.3 is 30.9 Å². The van der Waals surface area contributed by atoms with Crippen molar-refractivity contribution in [1.29, 1.82) is 0 Å². The maximum atomic E-state index is 12.0. The molecule has 5 N–H and O–H groups in total. The lowest BCUT2D eigenvalue weighted by Crippen LogP contribution is -2.47. The van der Waals surface area contributed by atoms with Crippen LogP contribution in [0.15, 0.2) is 36.3 Å². The molecule has 1 amide bonds. The van der Waals surface area contributed by atoms with Crippen molar-refractivity contribution in [3.63, 3.8) is 0 Å². The van der Waals surface area contributed by atoms with E-state index in [1.165, 1.54) is 4.90 Å². The van der Waals surface area contributed by atoms with Crippen LogP contribution < -0.4 is 11.1 Å². The molecule has 1 saturated heterocycles. The maximum Gasteiger partial charge on any atom is 0.258 e. The van der Waals surface area contributed by atoms with E-state index >= 15 is 0 Å². The lowest BCUT2D eigenvalue weighted by molar-refractivity contribution is -0.119. The molecule has 0 spiro atoms. The van der Waals surface area contributed by atoms with E-state index in [9.17, 15) is 15.0 Å². The van der Waals surface area contributed by atoms with Crippen LogP contribution in [-0.4, -0.2) is 77.9 Å². The van der Waals surface area contributed by atoms with Crippen LogP contribution in [0, 0.1) is 0 Å². The van der Waals surface area contributed by atoms with Crippen LogP contribution in [-0.2, 0) is 9.53 Å². The molecule has 2 heterocycles. The first-order valence-corrected chi connectivity index (χ1v) is 11.3. The summed E-state index contributed by atoms with van der Waals surface area (Å²) in [5.41, 5.74) is 5.80. The van der Waals surface area contributed by atoms with Crippen molar-refractivity contribution in [2.45, 2.75) is 31.0 Å². The zero-order valence-electron chi connectivity index (χ0n) is 14.8. The molecule has 0 saturated carbocycles. The quantitative estimate of drug-likeness (QED) is 0.485. The van der Waals surface area contributed by atoms with E-state index in [0.717, 1.165) is 6.16 Å². The number of nitrogens with two attached hydrogens (primary N) is 1. The summed E-state index contributed by atoms with van der Waals surface area (Å²) in [6.45, 7) is 7.08. The van der Waals surface area contributed by atoms with E-state index in [4.69, 9.17) is 10.5 Å². The zero-order valence-corrected chi connectivity index (χ0v) is 15.7. The van der Waals surface area contributed by atoms with Crippen LogP contribution in [0.25, 0.3) is 0 Å². The second-order valence-electron chi connectivity index (χ2n) is 7.02. The highest BCUT2D eigenvalue weighted by atomic mass is 31.2. The summed E-state index contributed by atoms with van der Waals surface area (Å²) in [6, 6.07) is 0. The molecule has 0 aromatic rings. The molecule has 8 heteroatoms. The number of amides is 1. The molecule has 0 aliphatic carbocycles. The summed E-state index contributed by atoms with van der Waals surface area (Å²) >= 11 is 0. The van der Waals surface area contributed by atoms with Crippen LogP contribution >= 0.6 is 6.89 Å². The van der Waals surface area contributed by atoms with Gasteiger partial charge in [0.1, 0.15) is 18.0 Å². The van der Waals surface area contributed by atoms with Crippen LogP contribution in [0.1, 0.15) is 6.42 Å². The lowest BCUT2D eigenvalue weighted by Gasteiger charge is -2.34. The first-order valence-electron chi connectivity index (χ1n) is 8.20. The van der Waals surface area contributed by atoms with Crippen molar-refractivity contribution in [1.82, 2.24) is 10.2 Å². The molecule has 0 bridgehead atoms. The molecule has 4 unspecified atom stereocenters. The van der Waals surface area contributed by atoms with E-state index < -0.39 is 31.4 Å². The molecular weight excluding hydrogens is 341 g/mol. The number of rotatable bonds is 6. The van der Waals surface area contributed by atoms with E-state index in [2.05, 4.69) is 31.5 Å². The van der Waals surface area contributed by atoms with Crippen molar-refractivity contribution in [3.8, 4) is 0 Å². The highest BCUT2D eigenvalue weighted by molar-refractivity contribution is 7.72. The van der Waals surface area contributed by atoms with Gasteiger partial charge in [-0.1, -0.05) is 18.7 Å². The molecule has 0 aromatic heterocycles. The van der Waals surface area contributed by atoms with E-state index in [1.807, 2.05) is 0 Å². The Morgan fingerprint density at radius 1 is 1.44 bits per heavy atom. The monoisotopic (exact) mass is 369 g/mol. The fraction of sp³-hybridized carbons (Fsp3) is 0.529. The normalized spacial score (nSPS) is 30.8. The van der Waals surface area contributed by atoms with Crippen molar-refractivity contribution < 1.29 is 19.7 Å². The number of hydrogen-bond acceptors (Lipinski definition) is 6. The van der Waals surface area contributed by atoms with Gasteiger partial charge in [-0.15, -0.1) is 13.2 Å². The van der Waals surface area contributed by atoms with Crippen LogP contribution in [0.3, 0.4) is 0 Å². The summed E-state index contributed by atoms with van der Waals surface area (Å²) in [4.78, 5) is 13.5. The number of nitrogens with one attached hydrogen (secondary N) is 1. The van der Waals surface area contributed by atoms with Gasteiger partial charge in [0.2, 0.25) is 0 Å². The van der Waals surface area contributed by atoms with Gasteiger partial charge in [0.05, 0.1) is 11.7 Å². The molecule has 25 heavy (non-hydrogen) atoms. The van der Waals surface area contributed by atoms with E-state index in [1.54, 1.807) is 18.4 Å². The Balaban J connectivity index is 2.17. The Morgan fingerprint density at radius 3 is 2.72 bits per heavy atom. The minimum Gasteiger partial charge on any atom is -0.388 e. The zero-order chi connectivity index (χ0) is 18.8. The summed E-state index contributed by atoms with van der Waals surface area (Å²) in [5.74, 6) is -0.0177. The fourth-order valence-corrected chi connectivity index (χ4v) is 3.72. The molecule has 2 aliphatic rings. The fourth-order valence-electron chi connectivity index (χ4n) is 2.77. The van der Waals surface area contributed by atoms with Gasteiger partial charge in [0.25, 0.3) is 5.91 Å². The second-order valence-corrected chi connectivity index (χ2v) is 11.3. The third-order valence-corrected chi connectivity index (χ3v) is 5.64. The highest BCUT2D eigenvalue weighted by Crippen LogP contribution is 2.38. The molecule has 0 radical (unpaired) electrons. The van der Waals surface area contributed by atoms with Crippen molar-refractivity contribution >= 4 is 19.1 Å². The summed E-state index contributed by atoms with van der Waals surface area (Å²) in [6.07, 6.45) is 7.01. The van der Waals surface area contributed by atoms with Crippen LogP contribution in [0.4, 0.5) is 0 Å². The minimum absolute atomic E-state index is 0.289. The lowest BCUT2D eigenvalue weighted by atomic mass is 10.1. The molecule has 0 aromatic carbocycles. The Hall–Kier alpha value is -1.37. The molecule has 4 atom stereocenters. The van der Waals surface area contributed by atoms with Gasteiger partial charge in [-0.05, 0) is 25.9 Å². The smallest absolute Gasteiger partial charge is 0.258 e. The number of aliphatic hydroxyl groups excluding tert-OH is 2. The number of carbonyl (C=O) groups is 1. The first-order chi connectivity index (χ1) is 11.6. The SMILES string of the molecule is C=C1NC(=O)C(/C=C/CN)=CN1C1OC(CCP(=C)(C)C)C(O)C1O. The van der Waals surface area contributed by atoms with E-state index in [0.29, 0.717) is 18.5 Å². The Bertz CT molecular complexity index is 640. The minimum atomic E-state index is -1.25. The van der Waals surface area contributed by atoms with Crippen molar-refractivity contribution in [3.05, 3.63) is 36.3 Å². The van der Waals surface area contributed by atoms with Crippen LogP contribution in [0.5, 0.6) is 0 Å². The van der Waals surface area contributed by atoms with Gasteiger partial charge in [-0.2, -0.15) is 0 Å². The molecule has 1 fully saturated rings. The summed E-state index contributed by atoms with van der Waals surface area (Å²) < 4.78 is 5.89.